The molecule has 1 rings (SSSR count). The van der Waals surface area contributed by atoms with Gasteiger partial charge in [0.25, 0.3) is 0 Å². The van der Waals surface area contributed by atoms with Crippen LogP contribution in [0, 0.1) is 12.3 Å². The van der Waals surface area contributed by atoms with E-state index in [9.17, 15) is 0 Å². The minimum Gasteiger partial charge on any atom is -0.481 e. The lowest BCUT2D eigenvalue weighted by Crippen LogP contribution is -1.90. The van der Waals surface area contributed by atoms with Gasteiger partial charge in [-0.3, -0.25) is 0 Å². The summed E-state index contributed by atoms with van der Waals surface area (Å²) in [5.74, 6) is 3.00. The van der Waals surface area contributed by atoms with Gasteiger partial charge in [0, 0.05) is 5.56 Å². The van der Waals surface area contributed by atoms with Gasteiger partial charge in [-0.1, -0.05) is 42.8 Å². The zero-order valence-corrected chi connectivity index (χ0v) is 6.79. The van der Waals surface area contributed by atoms with Crippen molar-refractivity contribution in [3.8, 4) is 12.3 Å². The van der Waals surface area contributed by atoms with Crippen molar-refractivity contribution in [2.45, 2.75) is 0 Å². The minimum atomic E-state index is 0.272. The molecule has 0 spiro atoms. The molecule has 0 aromatic heterocycles. The quantitative estimate of drug-likeness (QED) is 0.484. The van der Waals surface area contributed by atoms with Crippen LogP contribution in [0.5, 0.6) is 0 Å². The topological polar surface area (TPSA) is 9.23 Å². The predicted octanol–water partition coefficient (Wildman–Crippen LogP) is 2.31. The Hall–Kier alpha value is -1.68. The van der Waals surface area contributed by atoms with Gasteiger partial charge in [0.05, 0.1) is 0 Å². The Kier molecular flexibility index (Phi) is 2.98. The zero-order chi connectivity index (χ0) is 8.81. The third-order valence-corrected chi connectivity index (χ3v) is 1.43. The first kappa shape index (κ1) is 8.42. The summed E-state index contributed by atoms with van der Waals surface area (Å²) in [7, 11) is 0. The first-order valence-corrected chi connectivity index (χ1v) is 3.65. The molecule has 0 radical (unpaired) electrons. The van der Waals surface area contributed by atoms with E-state index >= 15 is 0 Å². The minimum absolute atomic E-state index is 0.272. The third kappa shape index (κ3) is 2.17. The SMILES string of the molecule is C#CCOC(=C)c1ccccc1. The molecule has 0 saturated carbocycles. The first-order valence-electron chi connectivity index (χ1n) is 3.65. The maximum Gasteiger partial charge on any atom is 0.148 e. The molecule has 1 nitrogen and oxygen atoms in total. The molecule has 0 saturated heterocycles. The highest BCUT2D eigenvalue weighted by molar-refractivity contribution is 5.57. The summed E-state index contributed by atoms with van der Waals surface area (Å²) in [4.78, 5) is 0. The lowest BCUT2D eigenvalue weighted by molar-refractivity contribution is 0.328. The van der Waals surface area contributed by atoms with Crippen LogP contribution in [-0.2, 0) is 4.74 Å². The van der Waals surface area contributed by atoms with Crippen molar-refractivity contribution in [3.63, 3.8) is 0 Å². The molecule has 0 bridgehead atoms. The summed E-state index contributed by atoms with van der Waals surface area (Å²) in [6.45, 7) is 4.02. The van der Waals surface area contributed by atoms with Crippen molar-refractivity contribution >= 4 is 5.76 Å². The van der Waals surface area contributed by atoms with Gasteiger partial charge in [0.15, 0.2) is 0 Å². The van der Waals surface area contributed by atoms with Gasteiger partial charge < -0.3 is 4.74 Å². The number of benzene rings is 1. The molecule has 0 unspecified atom stereocenters. The Bertz CT molecular complexity index is 293. The molecule has 0 aliphatic carbocycles. The van der Waals surface area contributed by atoms with Crippen LogP contribution in [0.3, 0.4) is 0 Å². The molecule has 60 valence electrons. The standard InChI is InChI=1S/C11H10O/c1-3-9-12-10(2)11-7-5-4-6-8-11/h1,4-8H,2,9H2. The largest absolute Gasteiger partial charge is 0.481 e. The van der Waals surface area contributed by atoms with Gasteiger partial charge in [-0.2, -0.15) is 0 Å². The summed E-state index contributed by atoms with van der Waals surface area (Å²) in [6.07, 6.45) is 5.04. The lowest BCUT2D eigenvalue weighted by Gasteiger charge is -2.04. The van der Waals surface area contributed by atoms with Crippen molar-refractivity contribution in [2.24, 2.45) is 0 Å². The van der Waals surface area contributed by atoms with E-state index in [2.05, 4.69) is 12.5 Å². The second-order valence-corrected chi connectivity index (χ2v) is 2.28. The normalized spacial score (nSPS) is 8.58. The second-order valence-electron chi connectivity index (χ2n) is 2.28. The predicted molar refractivity (Wildman–Crippen MR) is 50.3 cm³/mol. The van der Waals surface area contributed by atoms with Crippen LogP contribution in [0.4, 0.5) is 0 Å². The van der Waals surface area contributed by atoms with Gasteiger partial charge in [-0.15, -0.1) is 6.42 Å². The van der Waals surface area contributed by atoms with E-state index in [1.807, 2.05) is 30.3 Å². The molecule has 0 amide bonds. The van der Waals surface area contributed by atoms with Crippen molar-refractivity contribution in [1.82, 2.24) is 0 Å². The highest BCUT2D eigenvalue weighted by Gasteiger charge is 1.95. The van der Waals surface area contributed by atoms with Gasteiger partial charge in [0.2, 0.25) is 0 Å². The number of terminal acetylenes is 1. The van der Waals surface area contributed by atoms with Crippen molar-refractivity contribution in [3.05, 3.63) is 42.5 Å². The lowest BCUT2D eigenvalue weighted by atomic mass is 10.2. The van der Waals surface area contributed by atoms with E-state index in [-0.39, 0.29) is 6.61 Å². The Morgan fingerprint density at radius 2 is 2.08 bits per heavy atom. The van der Waals surface area contributed by atoms with Gasteiger partial charge in [-0.05, 0) is 0 Å². The maximum absolute atomic E-state index is 5.15. The molecule has 0 N–H and O–H groups in total. The van der Waals surface area contributed by atoms with E-state index < -0.39 is 0 Å². The van der Waals surface area contributed by atoms with Crippen LogP contribution in [0.2, 0.25) is 0 Å². The monoisotopic (exact) mass is 158 g/mol. The van der Waals surface area contributed by atoms with Gasteiger partial charge >= 0.3 is 0 Å². The molecule has 12 heavy (non-hydrogen) atoms. The van der Waals surface area contributed by atoms with Crippen LogP contribution in [0.25, 0.3) is 5.76 Å². The molecule has 0 aliphatic rings. The molecule has 1 aromatic rings. The van der Waals surface area contributed by atoms with Gasteiger partial charge in [0.1, 0.15) is 12.4 Å². The smallest absolute Gasteiger partial charge is 0.148 e. The fourth-order valence-electron chi connectivity index (χ4n) is 0.836. The highest BCUT2D eigenvalue weighted by Crippen LogP contribution is 2.11. The van der Waals surface area contributed by atoms with E-state index in [4.69, 9.17) is 11.2 Å². The zero-order valence-electron chi connectivity index (χ0n) is 6.79. The fourth-order valence-corrected chi connectivity index (χ4v) is 0.836. The van der Waals surface area contributed by atoms with Gasteiger partial charge in [-0.25, -0.2) is 0 Å². The van der Waals surface area contributed by atoms with Crippen LogP contribution in [0.15, 0.2) is 36.9 Å². The number of hydrogen-bond donors (Lipinski definition) is 0. The van der Waals surface area contributed by atoms with Crippen LogP contribution in [0.1, 0.15) is 5.56 Å². The van der Waals surface area contributed by atoms with Crippen molar-refractivity contribution < 1.29 is 4.74 Å². The van der Waals surface area contributed by atoms with E-state index in [1.54, 1.807) is 0 Å². The molecule has 1 heteroatoms. The number of rotatable bonds is 3. The van der Waals surface area contributed by atoms with Crippen LogP contribution in [-0.4, -0.2) is 6.61 Å². The number of hydrogen-bond acceptors (Lipinski definition) is 1. The molecular weight excluding hydrogens is 148 g/mol. The molecule has 0 heterocycles. The number of ether oxygens (including phenoxy) is 1. The molecule has 0 aliphatic heterocycles. The third-order valence-electron chi connectivity index (χ3n) is 1.43. The summed E-state index contributed by atoms with van der Waals surface area (Å²) >= 11 is 0. The molecule has 0 fully saturated rings. The fraction of sp³-hybridized carbons (Fsp3) is 0.0909. The summed E-state index contributed by atoms with van der Waals surface area (Å²) in [5, 5.41) is 0. The van der Waals surface area contributed by atoms with Crippen LogP contribution >= 0.6 is 0 Å². The first-order chi connectivity index (χ1) is 5.84. The maximum atomic E-state index is 5.15. The van der Waals surface area contributed by atoms with E-state index in [1.165, 1.54) is 0 Å². The molecule has 0 atom stereocenters. The second kappa shape index (κ2) is 4.25. The average Bonchev–Trinajstić information content (AvgIpc) is 2.15. The molecular formula is C11H10O. The Balaban J connectivity index is 2.61. The summed E-state index contributed by atoms with van der Waals surface area (Å²) in [5.41, 5.74) is 0.966. The van der Waals surface area contributed by atoms with Crippen LogP contribution < -0.4 is 0 Å². The molecule has 1 aromatic carbocycles. The van der Waals surface area contributed by atoms with E-state index in [0.717, 1.165) is 5.56 Å². The Morgan fingerprint density at radius 3 is 2.67 bits per heavy atom. The highest BCUT2D eigenvalue weighted by atomic mass is 16.5. The van der Waals surface area contributed by atoms with E-state index in [0.29, 0.717) is 5.76 Å². The van der Waals surface area contributed by atoms with Crippen molar-refractivity contribution in [1.29, 1.82) is 0 Å². The summed E-state index contributed by atoms with van der Waals surface area (Å²) < 4.78 is 5.15. The summed E-state index contributed by atoms with van der Waals surface area (Å²) in [6, 6.07) is 9.66. The van der Waals surface area contributed by atoms with Crippen molar-refractivity contribution in [2.75, 3.05) is 6.61 Å². The average molecular weight is 158 g/mol. The Labute approximate surface area is 72.7 Å². The Morgan fingerprint density at radius 1 is 1.42 bits per heavy atom.